The molecule has 0 spiro atoms. The van der Waals surface area contributed by atoms with Crippen LogP contribution in [0.4, 0.5) is 5.82 Å². The fourth-order valence-electron chi connectivity index (χ4n) is 3.08. The van der Waals surface area contributed by atoms with E-state index in [1.165, 1.54) is 13.1 Å². The number of nitriles is 1. The zero-order chi connectivity index (χ0) is 17.8. The van der Waals surface area contributed by atoms with Gasteiger partial charge in [0.1, 0.15) is 5.82 Å². The van der Waals surface area contributed by atoms with E-state index < -0.39 is 5.69 Å². The van der Waals surface area contributed by atoms with Crippen LogP contribution < -0.4 is 16.1 Å². The van der Waals surface area contributed by atoms with Crippen LogP contribution in [0.15, 0.2) is 39.9 Å². The maximum absolute atomic E-state index is 11.8. The average Bonchev–Trinajstić information content (AvgIpc) is 2.85. The van der Waals surface area contributed by atoms with Gasteiger partial charge in [0.05, 0.1) is 11.6 Å². The zero-order valence-electron chi connectivity index (χ0n) is 14.2. The number of benzene rings is 1. The van der Waals surface area contributed by atoms with E-state index in [0.717, 1.165) is 49.3 Å². The predicted octanol–water partition coefficient (Wildman–Crippen LogP) is 0.658. The van der Waals surface area contributed by atoms with Crippen molar-refractivity contribution in [1.82, 2.24) is 14.5 Å². The van der Waals surface area contributed by atoms with Gasteiger partial charge in [0.15, 0.2) is 0 Å². The Balaban J connectivity index is 1.69. The second kappa shape index (κ2) is 7.36. The summed E-state index contributed by atoms with van der Waals surface area (Å²) in [5.41, 5.74) is 1.10. The van der Waals surface area contributed by atoms with Gasteiger partial charge in [-0.25, -0.2) is 4.79 Å². The largest absolute Gasteiger partial charge is 0.357 e. The third kappa shape index (κ3) is 3.98. The Morgan fingerprint density at radius 2 is 2.00 bits per heavy atom. The molecule has 1 aliphatic heterocycles. The molecule has 1 fully saturated rings. The lowest BCUT2D eigenvalue weighted by Crippen LogP contribution is -2.37. The van der Waals surface area contributed by atoms with Crippen LogP contribution in [0.5, 0.6) is 0 Å². The van der Waals surface area contributed by atoms with Crippen molar-refractivity contribution in [3.05, 3.63) is 62.3 Å². The standard InChI is InChI=1S/C18H21N5O2/c1-21-17(24)11-16(20-18(21)25)23-7-3-6-22(8-9-23)13-15-5-2-4-14(10-15)12-19/h2,4-5,10-11H,3,6-9,13H2,1H3,(H,20,25). The van der Waals surface area contributed by atoms with Crippen molar-refractivity contribution in [2.75, 3.05) is 31.1 Å². The third-order valence-corrected chi connectivity index (χ3v) is 4.52. The van der Waals surface area contributed by atoms with E-state index in [4.69, 9.17) is 5.26 Å². The molecular weight excluding hydrogens is 318 g/mol. The van der Waals surface area contributed by atoms with E-state index in [-0.39, 0.29) is 5.56 Å². The Labute approximate surface area is 145 Å². The molecule has 0 atom stereocenters. The summed E-state index contributed by atoms with van der Waals surface area (Å²) in [6.45, 7) is 4.08. The number of anilines is 1. The molecule has 1 aromatic heterocycles. The molecule has 0 saturated carbocycles. The Bertz CT molecular complexity index is 877. The third-order valence-electron chi connectivity index (χ3n) is 4.52. The minimum absolute atomic E-state index is 0.298. The topological polar surface area (TPSA) is 85.1 Å². The molecule has 0 unspecified atom stereocenters. The summed E-state index contributed by atoms with van der Waals surface area (Å²) < 4.78 is 1.07. The maximum Gasteiger partial charge on any atom is 0.329 e. The quantitative estimate of drug-likeness (QED) is 0.888. The first-order valence-corrected chi connectivity index (χ1v) is 8.33. The highest BCUT2D eigenvalue weighted by atomic mass is 16.2. The predicted molar refractivity (Wildman–Crippen MR) is 95.6 cm³/mol. The molecule has 2 aromatic rings. The van der Waals surface area contributed by atoms with Crippen LogP contribution in [0.1, 0.15) is 17.5 Å². The molecule has 0 bridgehead atoms. The monoisotopic (exact) mass is 339 g/mol. The lowest BCUT2D eigenvalue weighted by atomic mass is 10.1. The van der Waals surface area contributed by atoms with E-state index in [1.54, 1.807) is 6.07 Å². The summed E-state index contributed by atoms with van der Waals surface area (Å²) in [7, 11) is 1.46. The van der Waals surface area contributed by atoms with Crippen molar-refractivity contribution >= 4 is 5.82 Å². The number of nitrogens with one attached hydrogen (secondary N) is 1. The number of aromatic nitrogens is 2. The lowest BCUT2D eigenvalue weighted by molar-refractivity contribution is 0.285. The van der Waals surface area contributed by atoms with Gasteiger partial charge in [0.25, 0.3) is 5.56 Å². The summed E-state index contributed by atoms with van der Waals surface area (Å²) in [4.78, 5) is 30.8. The molecule has 3 rings (SSSR count). The highest BCUT2D eigenvalue weighted by Crippen LogP contribution is 2.13. The average molecular weight is 339 g/mol. The van der Waals surface area contributed by atoms with Crippen LogP contribution in [-0.4, -0.2) is 40.6 Å². The van der Waals surface area contributed by atoms with Gasteiger partial charge in [-0.15, -0.1) is 0 Å². The number of hydrogen-bond acceptors (Lipinski definition) is 5. The molecule has 130 valence electrons. The Kier molecular flexibility index (Phi) is 5.00. The first-order chi connectivity index (χ1) is 12.1. The Morgan fingerprint density at radius 1 is 1.16 bits per heavy atom. The number of H-pyrrole nitrogens is 1. The van der Waals surface area contributed by atoms with E-state index in [9.17, 15) is 9.59 Å². The van der Waals surface area contributed by atoms with Gasteiger partial charge in [0.2, 0.25) is 0 Å². The molecule has 0 radical (unpaired) electrons. The Hall–Kier alpha value is -2.85. The van der Waals surface area contributed by atoms with Gasteiger partial charge in [0, 0.05) is 45.8 Å². The van der Waals surface area contributed by atoms with Gasteiger partial charge in [-0.05, 0) is 24.1 Å². The normalized spacial score (nSPS) is 15.6. The zero-order valence-corrected chi connectivity index (χ0v) is 14.2. The van der Waals surface area contributed by atoms with Crippen LogP contribution in [0.3, 0.4) is 0 Å². The van der Waals surface area contributed by atoms with Crippen LogP contribution >= 0.6 is 0 Å². The fourth-order valence-corrected chi connectivity index (χ4v) is 3.08. The van der Waals surface area contributed by atoms with Gasteiger partial charge in [-0.1, -0.05) is 12.1 Å². The minimum Gasteiger partial charge on any atom is -0.357 e. The van der Waals surface area contributed by atoms with Crippen LogP contribution in [0.25, 0.3) is 0 Å². The second-order valence-corrected chi connectivity index (χ2v) is 6.29. The number of nitrogens with zero attached hydrogens (tertiary/aromatic N) is 4. The van der Waals surface area contributed by atoms with E-state index in [1.807, 2.05) is 18.2 Å². The molecule has 25 heavy (non-hydrogen) atoms. The first-order valence-electron chi connectivity index (χ1n) is 8.33. The summed E-state index contributed by atoms with van der Waals surface area (Å²) in [5, 5.41) is 9.01. The Morgan fingerprint density at radius 3 is 2.76 bits per heavy atom. The molecule has 1 aliphatic rings. The molecule has 7 nitrogen and oxygen atoms in total. The van der Waals surface area contributed by atoms with E-state index >= 15 is 0 Å². The number of rotatable bonds is 3. The van der Waals surface area contributed by atoms with E-state index in [0.29, 0.717) is 11.4 Å². The van der Waals surface area contributed by atoms with Gasteiger partial charge in [-0.2, -0.15) is 5.26 Å². The van der Waals surface area contributed by atoms with Crippen molar-refractivity contribution in [2.24, 2.45) is 7.05 Å². The highest BCUT2D eigenvalue weighted by Gasteiger charge is 2.17. The SMILES string of the molecule is Cn1c(=O)cc(N2CCCN(Cc3cccc(C#N)c3)CC2)[nH]c1=O. The molecule has 0 amide bonds. The molecule has 7 heteroatoms. The van der Waals surface area contributed by atoms with Crippen LogP contribution in [-0.2, 0) is 13.6 Å². The van der Waals surface area contributed by atoms with Gasteiger partial charge >= 0.3 is 5.69 Å². The molecular formula is C18H21N5O2. The second-order valence-electron chi connectivity index (χ2n) is 6.29. The van der Waals surface area contributed by atoms with Crippen molar-refractivity contribution < 1.29 is 0 Å². The molecule has 1 aromatic carbocycles. The van der Waals surface area contributed by atoms with Crippen molar-refractivity contribution in [3.63, 3.8) is 0 Å². The fraction of sp³-hybridized carbons (Fsp3) is 0.389. The van der Waals surface area contributed by atoms with E-state index in [2.05, 4.69) is 20.9 Å². The summed E-state index contributed by atoms with van der Waals surface area (Å²) >= 11 is 0. The van der Waals surface area contributed by atoms with Crippen molar-refractivity contribution in [2.45, 2.75) is 13.0 Å². The number of hydrogen-bond donors (Lipinski definition) is 1. The molecule has 2 heterocycles. The summed E-state index contributed by atoms with van der Waals surface area (Å²) in [6.07, 6.45) is 0.940. The highest BCUT2D eigenvalue weighted by molar-refractivity contribution is 5.37. The molecule has 1 N–H and O–H groups in total. The first kappa shape index (κ1) is 17.0. The number of aromatic amines is 1. The summed E-state index contributed by atoms with van der Waals surface area (Å²) in [5.74, 6) is 0.585. The summed E-state index contributed by atoms with van der Waals surface area (Å²) in [6, 6.07) is 11.3. The molecule has 1 saturated heterocycles. The molecule has 0 aliphatic carbocycles. The van der Waals surface area contributed by atoms with Crippen molar-refractivity contribution in [3.8, 4) is 6.07 Å². The van der Waals surface area contributed by atoms with Crippen LogP contribution in [0.2, 0.25) is 0 Å². The van der Waals surface area contributed by atoms with Gasteiger partial charge in [-0.3, -0.25) is 19.2 Å². The minimum atomic E-state index is -0.392. The van der Waals surface area contributed by atoms with Gasteiger partial charge < -0.3 is 4.90 Å². The maximum atomic E-state index is 11.8. The van der Waals surface area contributed by atoms with Crippen LogP contribution in [0, 0.1) is 11.3 Å². The lowest BCUT2D eigenvalue weighted by Gasteiger charge is -2.23. The van der Waals surface area contributed by atoms with Crippen molar-refractivity contribution in [1.29, 1.82) is 5.26 Å². The smallest absolute Gasteiger partial charge is 0.329 e.